The molecule has 0 fully saturated rings. The minimum atomic E-state index is -1.15. The minimum absolute atomic E-state index is 0.0104. The molecule has 188 valence electrons. The number of nitrogens with one attached hydrogen (secondary N) is 1. The maximum absolute atomic E-state index is 13.8. The normalized spacial score (nSPS) is 13.0. The van der Waals surface area contributed by atoms with Crippen LogP contribution in [0.1, 0.15) is 24.5 Å². The SMILES string of the molecule is CC(=O)N(NCc1cccc(F)c1Cl)[C@H](CON(C=O)c1nc2ccc(C)cc2s1)C[C@@H](O)CO. The molecule has 3 aromatic rings. The Labute approximate surface area is 210 Å². The topological polar surface area (TPSA) is 115 Å². The molecule has 0 aliphatic carbocycles. The molecule has 2 amide bonds. The molecule has 3 rings (SSSR count). The van der Waals surface area contributed by atoms with Gasteiger partial charge in [0.25, 0.3) is 0 Å². The van der Waals surface area contributed by atoms with Gasteiger partial charge in [0.1, 0.15) is 5.82 Å². The minimum Gasteiger partial charge on any atom is -0.394 e. The third kappa shape index (κ3) is 6.94. The third-order valence-corrected chi connectivity index (χ3v) is 6.58. The van der Waals surface area contributed by atoms with Gasteiger partial charge in [-0.05, 0) is 42.7 Å². The Morgan fingerprint density at radius 3 is 2.83 bits per heavy atom. The number of rotatable bonds is 12. The number of amides is 2. The summed E-state index contributed by atoms with van der Waals surface area (Å²) in [5, 5.41) is 21.8. The van der Waals surface area contributed by atoms with E-state index in [-0.39, 0.29) is 24.6 Å². The van der Waals surface area contributed by atoms with Crippen molar-refractivity contribution in [1.82, 2.24) is 15.4 Å². The number of aliphatic hydroxyl groups excluding tert-OH is 2. The van der Waals surface area contributed by atoms with Crippen LogP contribution in [0.2, 0.25) is 5.02 Å². The van der Waals surface area contributed by atoms with Crippen LogP contribution in [0.15, 0.2) is 36.4 Å². The summed E-state index contributed by atoms with van der Waals surface area (Å²) in [5.41, 5.74) is 5.05. The molecular formula is C23H26ClFN4O5S. The highest BCUT2D eigenvalue weighted by Gasteiger charge is 2.26. The predicted molar refractivity (Wildman–Crippen MR) is 131 cm³/mol. The van der Waals surface area contributed by atoms with Crippen molar-refractivity contribution in [3.63, 3.8) is 0 Å². The Bertz CT molecular complexity index is 1180. The van der Waals surface area contributed by atoms with Crippen LogP contribution < -0.4 is 10.5 Å². The largest absolute Gasteiger partial charge is 0.394 e. The molecule has 2 atom stereocenters. The second kappa shape index (κ2) is 12.3. The molecule has 0 unspecified atom stereocenters. The van der Waals surface area contributed by atoms with Gasteiger partial charge < -0.3 is 10.2 Å². The molecule has 1 aromatic heterocycles. The van der Waals surface area contributed by atoms with E-state index in [9.17, 15) is 24.2 Å². The lowest BCUT2D eigenvalue weighted by Gasteiger charge is -2.33. The van der Waals surface area contributed by atoms with Gasteiger partial charge in [-0.1, -0.05) is 41.1 Å². The van der Waals surface area contributed by atoms with E-state index < -0.39 is 30.5 Å². The number of halogens is 2. The maximum atomic E-state index is 13.8. The predicted octanol–water partition coefficient (Wildman–Crippen LogP) is 2.96. The van der Waals surface area contributed by atoms with Gasteiger partial charge >= 0.3 is 0 Å². The number of carbonyl (C=O) groups excluding carboxylic acids is 2. The van der Waals surface area contributed by atoms with Crippen molar-refractivity contribution in [1.29, 1.82) is 0 Å². The van der Waals surface area contributed by atoms with Crippen molar-refractivity contribution in [3.05, 3.63) is 58.4 Å². The summed E-state index contributed by atoms with van der Waals surface area (Å²) in [6.07, 6.45) is -0.756. The zero-order valence-corrected chi connectivity index (χ0v) is 20.7. The quantitative estimate of drug-likeness (QED) is 0.246. The molecular weight excluding hydrogens is 499 g/mol. The van der Waals surface area contributed by atoms with Crippen LogP contribution >= 0.6 is 22.9 Å². The number of hydroxylamine groups is 1. The molecule has 0 radical (unpaired) electrons. The Kier molecular flexibility index (Phi) is 9.49. The van der Waals surface area contributed by atoms with Gasteiger partial charge in [0.05, 0.1) is 40.6 Å². The highest BCUT2D eigenvalue weighted by Crippen LogP contribution is 2.29. The van der Waals surface area contributed by atoms with Crippen molar-refractivity contribution in [2.24, 2.45) is 0 Å². The van der Waals surface area contributed by atoms with Gasteiger partial charge in [0.15, 0.2) is 0 Å². The first-order valence-electron chi connectivity index (χ1n) is 10.7. The van der Waals surface area contributed by atoms with E-state index in [1.807, 2.05) is 25.1 Å². The number of aliphatic hydroxyl groups is 2. The highest BCUT2D eigenvalue weighted by atomic mass is 35.5. The van der Waals surface area contributed by atoms with Crippen LogP contribution in [-0.2, 0) is 21.0 Å². The van der Waals surface area contributed by atoms with E-state index in [2.05, 4.69) is 10.4 Å². The van der Waals surface area contributed by atoms with Crippen LogP contribution in [-0.4, -0.2) is 57.9 Å². The molecule has 12 heteroatoms. The first-order chi connectivity index (χ1) is 16.7. The number of hydrazine groups is 1. The molecule has 3 N–H and O–H groups in total. The highest BCUT2D eigenvalue weighted by molar-refractivity contribution is 7.22. The molecule has 0 aliphatic rings. The van der Waals surface area contributed by atoms with Gasteiger partial charge in [-0.3, -0.25) is 19.4 Å². The summed E-state index contributed by atoms with van der Waals surface area (Å²) < 4.78 is 14.7. The van der Waals surface area contributed by atoms with E-state index in [0.29, 0.717) is 22.6 Å². The smallest absolute Gasteiger partial charge is 0.240 e. The summed E-state index contributed by atoms with van der Waals surface area (Å²) in [6.45, 7) is 2.51. The second-order valence-corrected chi connectivity index (χ2v) is 9.24. The van der Waals surface area contributed by atoms with E-state index in [1.54, 1.807) is 6.07 Å². The van der Waals surface area contributed by atoms with Gasteiger partial charge in [-0.2, -0.15) is 5.06 Å². The molecule has 0 aliphatic heterocycles. The Morgan fingerprint density at radius 1 is 1.37 bits per heavy atom. The van der Waals surface area contributed by atoms with Crippen LogP contribution in [0.4, 0.5) is 9.52 Å². The zero-order valence-electron chi connectivity index (χ0n) is 19.1. The van der Waals surface area contributed by atoms with Gasteiger partial charge in [-0.25, -0.2) is 14.8 Å². The van der Waals surface area contributed by atoms with Gasteiger partial charge in [0, 0.05) is 13.5 Å². The number of aromatic nitrogens is 1. The molecule has 0 bridgehead atoms. The van der Waals surface area contributed by atoms with E-state index in [4.69, 9.17) is 16.4 Å². The maximum Gasteiger partial charge on any atom is 0.240 e. The standard InChI is InChI=1S/C23H26ClFN4O5S/c1-14-6-7-20-21(8-14)35-23(27-20)28(13-31)34-12-17(9-18(33)11-30)29(15(2)32)26-10-16-4-3-5-19(25)22(16)24/h3-8,13,17-18,26,30,33H,9-12H2,1-2H3/t17-,18+/m0/s1. The monoisotopic (exact) mass is 524 g/mol. The molecule has 0 saturated heterocycles. The van der Waals surface area contributed by atoms with Crippen LogP contribution in [0.25, 0.3) is 10.2 Å². The number of benzene rings is 2. The number of thiazole rings is 1. The Balaban J connectivity index is 1.77. The van der Waals surface area contributed by atoms with Gasteiger partial charge in [0.2, 0.25) is 17.4 Å². The van der Waals surface area contributed by atoms with Crippen molar-refractivity contribution < 1.29 is 29.0 Å². The summed E-state index contributed by atoms with van der Waals surface area (Å²) in [6, 6.07) is 9.21. The average molecular weight is 525 g/mol. The van der Waals surface area contributed by atoms with Gasteiger partial charge in [-0.15, -0.1) is 0 Å². The lowest BCUT2D eigenvalue weighted by molar-refractivity contribution is -0.138. The van der Waals surface area contributed by atoms with Crippen LogP contribution in [0.3, 0.4) is 0 Å². The van der Waals surface area contributed by atoms with Crippen LogP contribution in [0.5, 0.6) is 0 Å². The lowest BCUT2D eigenvalue weighted by Crippen LogP contribution is -2.52. The van der Waals surface area contributed by atoms with E-state index >= 15 is 0 Å². The zero-order chi connectivity index (χ0) is 25.5. The Hall–Kier alpha value is -2.67. The fraction of sp³-hybridized carbons (Fsp3) is 0.348. The first-order valence-corrected chi connectivity index (χ1v) is 11.9. The molecule has 35 heavy (non-hydrogen) atoms. The van der Waals surface area contributed by atoms with Crippen molar-refractivity contribution >= 4 is 50.6 Å². The number of aryl methyl sites for hydroxylation is 1. The fourth-order valence-corrected chi connectivity index (χ4v) is 4.58. The first kappa shape index (κ1) is 26.9. The average Bonchev–Trinajstić information content (AvgIpc) is 3.24. The lowest BCUT2D eigenvalue weighted by atomic mass is 10.1. The number of carbonyl (C=O) groups is 2. The Morgan fingerprint density at radius 2 is 2.14 bits per heavy atom. The molecule has 0 spiro atoms. The molecule has 0 saturated carbocycles. The molecule has 9 nitrogen and oxygen atoms in total. The number of fused-ring (bicyclic) bond motifs is 1. The van der Waals surface area contributed by atoms with Crippen LogP contribution in [0, 0.1) is 12.7 Å². The van der Waals surface area contributed by atoms with Crippen molar-refractivity contribution in [2.75, 3.05) is 18.3 Å². The summed E-state index contributed by atoms with van der Waals surface area (Å²) in [5.74, 6) is -1.02. The second-order valence-electron chi connectivity index (χ2n) is 7.86. The number of hydrogen-bond donors (Lipinski definition) is 3. The summed E-state index contributed by atoms with van der Waals surface area (Å²) >= 11 is 7.27. The van der Waals surface area contributed by atoms with E-state index in [1.165, 1.54) is 35.4 Å². The fourth-order valence-electron chi connectivity index (χ4n) is 3.40. The number of anilines is 1. The van der Waals surface area contributed by atoms with E-state index in [0.717, 1.165) is 15.3 Å². The van der Waals surface area contributed by atoms with Crippen molar-refractivity contribution in [3.8, 4) is 0 Å². The van der Waals surface area contributed by atoms with Crippen molar-refractivity contribution in [2.45, 2.75) is 39.0 Å². The summed E-state index contributed by atoms with van der Waals surface area (Å²) in [4.78, 5) is 34.3. The molecule has 1 heterocycles. The third-order valence-electron chi connectivity index (χ3n) is 5.15. The summed E-state index contributed by atoms with van der Waals surface area (Å²) in [7, 11) is 0. The number of nitrogens with zero attached hydrogens (tertiary/aromatic N) is 3. The molecule has 2 aromatic carbocycles. The number of hydrogen-bond acceptors (Lipinski definition) is 8.